The van der Waals surface area contributed by atoms with Crippen LogP contribution in [0, 0.1) is 11.8 Å². The minimum atomic E-state index is -0.0544. The number of phenols is 1. The highest BCUT2D eigenvalue weighted by Gasteiger charge is 2.46. The summed E-state index contributed by atoms with van der Waals surface area (Å²) < 4.78 is 0. The van der Waals surface area contributed by atoms with Gasteiger partial charge in [0, 0.05) is 25.0 Å². The van der Waals surface area contributed by atoms with Crippen LogP contribution in [0.15, 0.2) is 24.3 Å². The molecule has 0 unspecified atom stereocenters. The molecule has 5 heteroatoms. The number of hydrogen-bond donors (Lipinski definition) is 2. The van der Waals surface area contributed by atoms with Crippen LogP contribution >= 0.6 is 0 Å². The van der Waals surface area contributed by atoms with Gasteiger partial charge in [-0.3, -0.25) is 9.59 Å². The molecule has 5 nitrogen and oxygen atoms in total. The number of benzene rings is 1. The fourth-order valence-corrected chi connectivity index (χ4v) is 3.76. The van der Waals surface area contributed by atoms with E-state index >= 15 is 0 Å². The monoisotopic (exact) mass is 328 g/mol. The lowest BCUT2D eigenvalue weighted by Gasteiger charge is -2.32. The van der Waals surface area contributed by atoms with Gasteiger partial charge in [0.2, 0.25) is 11.8 Å². The van der Waals surface area contributed by atoms with E-state index in [1.165, 1.54) is 0 Å². The summed E-state index contributed by atoms with van der Waals surface area (Å²) in [5.41, 5.74) is 1.04. The zero-order valence-corrected chi connectivity index (χ0v) is 13.8. The molecule has 2 N–H and O–H groups in total. The molecule has 1 saturated heterocycles. The number of aromatic hydroxyl groups is 1. The highest BCUT2D eigenvalue weighted by Crippen LogP contribution is 2.49. The third kappa shape index (κ3) is 3.25. The van der Waals surface area contributed by atoms with Crippen molar-refractivity contribution in [3.63, 3.8) is 0 Å². The number of phenolic OH excluding ortho intramolecular Hbond substituents is 1. The van der Waals surface area contributed by atoms with Gasteiger partial charge in [0.25, 0.3) is 0 Å². The van der Waals surface area contributed by atoms with Gasteiger partial charge >= 0.3 is 0 Å². The Balaban J connectivity index is 1.35. The van der Waals surface area contributed by atoms with Crippen LogP contribution in [0.1, 0.15) is 43.6 Å². The minimum Gasteiger partial charge on any atom is -0.508 e. The van der Waals surface area contributed by atoms with Crippen LogP contribution in [0.5, 0.6) is 5.75 Å². The van der Waals surface area contributed by atoms with E-state index in [1.807, 2.05) is 17.0 Å². The summed E-state index contributed by atoms with van der Waals surface area (Å²) in [4.78, 5) is 26.9. The molecule has 24 heavy (non-hydrogen) atoms. The van der Waals surface area contributed by atoms with Crippen molar-refractivity contribution >= 4 is 11.8 Å². The standard InChI is InChI=1S/C19H24N2O3/c22-15-5-1-3-12(9-15)16-10-17(16)19(24)21-8-2-4-13(11-21)18(23)20-14-6-7-14/h1,3,5,9,13-14,16-17,22H,2,4,6-8,10-11H2,(H,20,23)/t13-,16-,17-/m1/s1. The number of carbonyl (C=O) groups excluding carboxylic acids is 2. The number of nitrogens with zero attached hydrogens (tertiary/aromatic N) is 1. The first-order chi connectivity index (χ1) is 11.6. The van der Waals surface area contributed by atoms with Crippen LogP contribution in [-0.4, -0.2) is 41.0 Å². The molecule has 3 aliphatic rings. The molecule has 2 saturated carbocycles. The largest absolute Gasteiger partial charge is 0.508 e. The van der Waals surface area contributed by atoms with Gasteiger partial charge in [-0.05, 0) is 55.7 Å². The number of hydrogen-bond acceptors (Lipinski definition) is 3. The predicted molar refractivity (Wildman–Crippen MR) is 89.4 cm³/mol. The molecule has 0 aromatic heterocycles. The van der Waals surface area contributed by atoms with E-state index in [0.29, 0.717) is 12.6 Å². The highest BCUT2D eigenvalue weighted by atomic mass is 16.3. The first-order valence-corrected chi connectivity index (χ1v) is 9.00. The average molecular weight is 328 g/mol. The summed E-state index contributed by atoms with van der Waals surface area (Å²) in [6.45, 7) is 1.32. The maximum atomic E-state index is 12.8. The van der Waals surface area contributed by atoms with E-state index in [1.54, 1.807) is 12.1 Å². The average Bonchev–Trinajstić information content (AvgIpc) is 3.49. The second-order valence-corrected chi connectivity index (χ2v) is 7.45. The van der Waals surface area contributed by atoms with E-state index in [0.717, 1.165) is 44.2 Å². The van der Waals surface area contributed by atoms with Gasteiger partial charge in [-0.1, -0.05) is 12.1 Å². The minimum absolute atomic E-state index is 0.0112. The molecule has 2 amide bonds. The Kier molecular flexibility index (Phi) is 3.94. The first-order valence-electron chi connectivity index (χ1n) is 9.00. The molecular weight excluding hydrogens is 304 g/mol. The van der Waals surface area contributed by atoms with Crippen LogP contribution in [-0.2, 0) is 9.59 Å². The van der Waals surface area contributed by atoms with Crippen LogP contribution in [0.3, 0.4) is 0 Å². The topological polar surface area (TPSA) is 69.6 Å². The fourth-order valence-electron chi connectivity index (χ4n) is 3.76. The van der Waals surface area contributed by atoms with Crippen molar-refractivity contribution in [1.29, 1.82) is 0 Å². The molecule has 1 aliphatic heterocycles. The normalized spacial score (nSPS) is 29.2. The summed E-state index contributed by atoms with van der Waals surface area (Å²) in [6.07, 6.45) is 4.81. The van der Waals surface area contributed by atoms with Crippen molar-refractivity contribution in [3.05, 3.63) is 29.8 Å². The van der Waals surface area contributed by atoms with Crippen molar-refractivity contribution in [2.45, 2.75) is 44.1 Å². The van der Waals surface area contributed by atoms with Crippen LogP contribution in [0.2, 0.25) is 0 Å². The van der Waals surface area contributed by atoms with Gasteiger partial charge in [0.05, 0.1) is 5.92 Å². The Morgan fingerprint density at radius 3 is 2.79 bits per heavy atom. The van der Waals surface area contributed by atoms with Gasteiger partial charge in [-0.2, -0.15) is 0 Å². The Hall–Kier alpha value is -2.04. The van der Waals surface area contributed by atoms with Crippen molar-refractivity contribution in [3.8, 4) is 5.75 Å². The van der Waals surface area contributed by atoms with Gasteiger partial charge in [0.1, 0.15) is 5.75 Å². The molecule has 3 fully saturated rings. The highest BCUT2D eigenvalue weighted by molar-refractivity contribution is 5.85. The van der Waals surface area contributed by atoms with E-state index in [9.17, 15) is 14.7 Å². The van der Waals surface area contributed by atoms with Crippen LogP contribution in [0.25, 0.3) is 0 Å². The summed E-state index contributed by atoms with van der Waals surface area (Å²) >= 11 is 0. The lowest BCUT2D eigenvalue weighted by Crippen LogP contribution is -2.46. The molecular formula is C19H24N2O3. The number of rotatable bonds is 4. The van der Waals surface area contributed by atoms with Crippen LogP contribution in [0.4, 0.5) is 0 Å². The third-order valence-electron chi connectivity index (χ3n) is 5.43. The van der Waals surface area contributed by atoms with Crippen molar-refractivity contribution in [2.24, 2.45) is 11.8 Å². The summed E-state index contributed by atoms with van der Waals surface area (Å²) in [5, 5.41) is 12.7. The van der Waals surface area contributed by atoms with E-state index in [2.05, 4.69) is 5.32 Å². The number of piperidine rings is 1. The molecule has 1 aromatic rings. The molecule has 0 bridgehead atoms. The van der Waals surface area contributed by atoms with Crippen molar-refractivity contribution in [2.75, 3.05) is 13.1 Å². The maximum absolute atomic E-state index is 12.8. The van der Waals surface area contributed by atoms with Crippen LogP contribution < -0.4 is 5.32 Å². The van der Waals surface area contributed by atoms with Gasteiger partial charge in [0.15, 0.2) is 0 Å². The lowest BCUT2D eigenvalue weighted by molar-refractivity contribution is -0.136. The molecule has 3 atom stereocenters. The van der Waals surface area contributed by atoms with Gasteiger partial charge in [-0.15, -0.1) is 0 Å². The van der Waals surface area contributed by atoms with Gasteiger partial charge in [-0.25, -0.2) is 0 Å². The summed E-state index contributed by atoms with van der Waals surface area (Å²) in [7, 11) is 0. The Morgan fingerprint density at radius 2 is 2.04 bits per heavy atom. The molecule has 0 spiro atoms. The number of likely N-dealkylation sites (tertiary alicyclic amines) is 1. The summed E-state index contributed by atoms with van der Waals surface area (Å²) in [6, 6.07) is 7.57. The Labute approximate surface area is 142 Å². The molecule has 1 aromatic carbocycles. The van der Waals surface area contributed by atoms with E-state index in [4.69, 9.17) is 0 Å². The lowest BCUT2D eigenvalue weighted by atomic mass is 9.96. The quantitative estimate of drug-likeness (QED) is 0.888. The zero-order valence-electron chi connectivity index (χ0n) is 13.8. The fraction of sp³-hybridized carbons (Fsp3) is 0.579. The second kappa shape index (κ2) is 6.11. The number of nitrogens with one attached hydrogen (secondary N) is 1. The first kappa shape index (κ1) is 15.5. The molecule has 128 valence electrons. The van der Waals surface area contributed by atoms with E-state index in [-0.39, 0.29) is 35.3 Å². The smallest absolute Gasteiger partial charge is 0.226 e. The Bertz CT molecular complexity index is 656. The van der Waals surface area contributed by atoms with Gasteiger partial charge < -0.3 is 15.3 Å². The SMILES string of the molecule is O=C(NC1CC1)[C@@H]1CCCN(C(=O)[C@@H]2C[C@@H]2c2cccc(O)c2)C1. The van der Waals surface area contributed by atoms with Crippen molar-refractivity contribution < 1.29 is 14.7 Å². The third-order valence-corrected chi connectivity index (χ3v) is 5.43. The number of carbonyl (C=O) groups is 2. The molecule has 1 heterocycles. The Morgan fingerprint density at radius 1 is 1.21 bits per heavy atom. The maximum Gasteiger partial charge on any atom is 0.226 e. The molecule has 4 rings (SSSR count). The molecule has 0 radical (unpaired) electrons. The zero-order chi connectivity index (χ0) is 16.7. The van der Waals surface area contributed by atoms with Crippen molar-refractivity contribution in [1.82, 2.24) is 10.2 Å². The second-order valence-electron chi connectivity index (χ2n) is 7.45. The number of amides is 2. The molecule has 2 aliphatic carbocycles. The summed E-state index contributed by atoms with van der Waals surface area (Å²) in [5.74, 6) is 0.714. The predicted octanol–water partition coefficient (Wildman–Crippen LogP) is 2.01. The van der Waals surface area contributed by atoms with E-state index < -0.39 is 0 Å².